The van der Waals surface area contributed by atoms with Crippen molar-refractivity contribution in [3.05, 3.63) is 108 Å². The summed E-state index contributed by atoms with van der Waals surface area (Å²) >= 11 is 0. The van der Waals surface area contributed by atoms with Gasteiger partial charge in [0, 0.05) is 44.0 Å². The highest BCUT2D eigenvalue weighted by molar-refractivity contribution is 6.00. The number of hydrogen-bond acceptors (Lipinski definition) is 23. The summed E-state index contributed by atoms with van der Waals surface area (Å²) in [6, 6.07) is 13.7. The van der Waals surface area contributed by atoms with Gasteiger partial charge in [-0.2, -0.15) is 0 Å². The number of aliphatic hydroxyl groups excluding tert-OH is 11. The number of rotatable bonds is 19. The Morgan fingerprint density at radius 1 is 0.619 bits per heavy atom. The third-order valence-corrected chi connectivity index (χ3v) is 17.6. The minimum Gasteiger partial charge on any atom is -0.508 e. The van der Waals surface area contributed by atoms with Gasteiger partial charge in [-0.05, 0) is 84.5 Å². The molecule has 97 heavy (non-hydrogen) atoms. The van der Waals surface area contributed by atoms with Crippen molar-refractivity contribution in [3.8, 4) is 33.8 Å². The van der Waals surface area contributed by atoms with Gasteiger partial charge in [-0.1, -0.05) is 87.4 Å². The van der Waals surface area contributed by atoms with Crippen LogP contribution in [0.25, 0.3) is 22.3 Å². The van der Waals surface area contributed by atoms with Gasteiger partial charge in [-0.25, -0.2) is 0 Å². The van der Waals surface area contributed by atoms with Crippen LogP contribution in [0.5, 0.6) is 11.5 Å². The smallest absolute Gasteiger partial charge is 0.252 e. The molecule has 31 nitrogen and oxygen atoms in total. The predicted octanol–water partition coefficient (Wildman–Crippen LogP) is -3.99. The molecule has 0 aromatic heterocycles. The number of carbonyl (C=O) groups excluding carboxylic acids is 8. The standard InChI is InChI=1S/C66H86N8O23/c1-5-6-7-25-95-42-22-18-37(19-23-42)35-10-8-34(9-11-35)36-12-14-39(15-13-36)57(86)68-43-28-45(79)63(96-26-24-67-62(91)56-54(84)53(83)55(85)66(94)97-56)72-61(90)49-50(80)31(2)29-74(49)65(93)47(33(4)76)70-60(89)48(52(82)51(81)38-16-20-40(77)21-17-38)71-59(88)44-27-41(78)30-73(44)64(92)46(32(3)75)69-58(43)87/h8-23,31-33,41,43-56,63,66,75-85,94H,5-7,24-30H2,1-4H3,(H,67,91)(H,68,86)(H,69,87)(H,70,89)(H,71,88)(H,72,90)/t31-,32?,33?,41+,43?,44-,45+,46-,47-,48-,49-,50-,51+,52-,53+,54+,55+,56-,63?,66-/m0/s1. The van der Waals surface area contributed by atoms with Crippen LogP contribution in [0.3, 0.4) is 0 Å². The molecule has 4 aliphatic heterocycles. The van der Waals surface area contributed by atoms with Crippen molar-refractivity contribution in [3.63, 3.8) is 0 Å². The lowest BCUT2D eigenvalue weighted by molar-refractivity contribution is -0.275. The maximum atomic E-state index is 14.9. The maximum Gasteiger partial charge on any atom is 0.252 e. The number of carbonyl (C=O) groups is 8. The number of phenols is 1. The van der Waals surface area contributed by atoms with Crippen molar-refractivity contribution in [2.75, 3.05) is 32.8 Å². The van der Waals surface area contributed by atoms with Crippen molar-refractivity contribution in [2.24, 2.45) is 5.92 Å². The molecule has 8 rings (SSSR count). The van der Waals surface area contributed by atoms with Crippen LogP contribution in [0, 0.1) is 5.92 Å². The van der Waals surface area contributed by atoms with Crippen LogP contribution >= 0.6 is 0 Å². The number of ether oxygens (including phenoxy) is 3. The summed E-state index contributed by atoms with van der Waals surface area (Å²) < 4.78 is 16.8. The van der Waals surface area contributed by atoms with E-state index in [2.05, 4.69) is 38.8 Å². The summed E-state index contributed by atoms with van der Waals surface area (Å²) in [6.45, 7) is 3.88. The second kappa shape index (κ2) is 33.3. The van der Waals surface area contributed by atoms with Gasteiger partial charge in [0.15, 0.2) is 18.6 Å². The number of phenolic OH excluding ortho intramolecular Hbond substituents is 1. The number of aliphatic hydroxyl groups is 11. The summed E-state index contributed by atoms with van der Waals surface area (Å²) in [5.74, 6) is -10.4. The van der Waals surface area contributed by atoms with E-state index in [1.165, 1.54) is 31.2 Å². The van der Waals surface area contributed by atoms with Crippen LogP contribution in [-0.2, 0) is 43.0 Å². The summed E-state index contributed by atoms with van der Waals surface area (Å²) in [4.78, 5) is 118. The van der Waals surface area contributed by atoms with E-state index in [4.69, 9.17) is 14.2 Å². The molecule has 18 N–H and O–H groups in total. The molecule has 8 amide bonds. The van der Waals surface area contributed by atoms with E-state index in [1.54, 1.807) is 12.1 Å². The average Bonchev–Trinajstić information content (AvgIpc) is 1.69. The molecule has 0 saturated carbocycles. The largest absolute Gasteiger partial charge is 0.508 e. The first-order chi connectivity index (χ1) is 46.1. The fourth-order valence-electron chi connectivity index (χ4n) is 11.9. The van der Waals surface area contributed by atoms with Gasteiger partial charge in [0.25, 0.3) is 11.8 Å². The molecule has 0 aliphatic carbocycles. The lowest BCUT2D eigenvalue weighted by Crippen LogP contribution is -2.64. The number of fused-ring (bicyclic) bond motifs is 2. The van der Waals surface area contributed by atoms with Crippen LogP contribution in [0.15, 0.2) is 97.1 Å². The van der Waals surface area contributed by atoms with Gasteiger partial charge in [-0.15, -0.1) is 0 Å². The SMILES string of the molecule is CCCCCOc1ccc(-c2ccc(-c3ccc(C(=O)NC4C[C@@H](O)C(OCCNC(=O)[C@H]5O[C@H](O)[C@H](O)[C@H](O)[C@H]5O)NC(=O)[C@@H]5[C@@H](O)[C@@H](C)CN5C(=O)[C@H](C(C)O)NC(=O)[C@H]([C@H](O)[C@H](O)c5ccc(O)cc5)NC(=O)[C@@H]5C[C@@H](O)CN5C(=O)[C@H](C(C)O)NC4=O)cc3)cc2)cc1. The van der Waals surface area contributed by atoms with Gasteiger partial charge in [0.1, 0.15) is 84.4 Å². The van der Waals surface area contributed by atoms with Gasteiger partial charge < -0.3 is 117 Å². The molecule has 4 unspecified atom stereocenters. The van der Waals surface area contributed by atoms with Crippen LogP contribution in [-0.4, -0.2) is 261 Å². The Hall–Kier alpha value is -8.28. The number of nitrogens with zero attached hydrogens (tertiary/aromatic N) is 2. The van der Waals surface area contributed by atoms with E-state index < -0.39 is 208 Å². The molecular weight excluding hydrogens is 1270 g/mol. The number of nitrogens with one attached hydrogen (secondary N) is 6. The minimum atomic E-state index is -2.36. The van der Waals surface area contributed by atoms with Crippen LogP contribution < -0.4 is 36.6 Å². The lowest BCUT2D eigenvalue weighted by atomic mass is 9.96. The summed E-state index contributed by atoms with van der Waals surface area (Å²) in [5, 5.41) is 145. The van der Waals surface area contributed by atoms with Crippen molar-refractivity contribution in [1.29, 1.82) is 0 Å². The number of amides is 8. The molecule has 0 radical (unpaired) electrons. The Balaban J connectivity index is 1.13. The van der Waals surface area contributed by atoms with E-state index in [1.807, 2.05) is 48.5 Å². The Morgan fingerprint density at radius 3 is 1.76 bits per heavy atom. The van der Waals surface area contributed by atoms with E-state index >= 15 is 0 Å². The fourth-order valence-corrected chi connectivity index (χ4v) is 11.9. The number of benzene rings is 4. The van der Waals surface area contributed by atoms with Crippen LogP contribution in [0.4, 0.5) is 0 Å². The first kappa shape index (κ1) is 74.5. The zero-order valence-electron chi connectivity index (χ0n) is 53.6. The van der Waals surface area contributed by atoms with Crippen LogP contribution in [0.1, 0.15) is 81.8 Å². The highest BCUT2D eigenvalue weighted by atomic mass is 16.6. The number of aromatic hydroxyl groups is 1. The Labute approximate surface area is 557 Å². The molecule has 4 heterocycles. The van der Waals surface area contributed by atoms with Crippen LogP contribution in [0.2, 0.25) is 0 Å². The highest BCUT2D eigenvalue weighted by Crippen LogP contribution is 2.31. The molecule has 0 bridgehead atoms. The second-order valence-electron chi connectivity index (χ2n) is 24.8. The summed E-state index contributed by atoms with van der Waals surface area (Å²) in [7, 11) is 0. The topological polar surface area (TPSA) is 486 Å². The molecule has 4 aromatic rings. The first-order valence-corrected chi connectivity index (χ1v) is 32.0. The number of unbranched alkanes of at least 4 members (excludes halogenated alkanes) is 2. The average molecular weight is 1360 g/mol. The molecule has 20 atom stereocenters. The minimum absolute atomic E-state index is 0.0554. The van der Waals surface area contributed by atoms with E-state index in [-0.39, 0.29) is 16.9 Å². The fraction of sp³-hybridized carbons (Fsp3) is 0.515. The quantitative estimate of drug-likeness (QED) is 0.0398. The Bertz CT molecular complexity index is 3370. The molecule has 0 spiro atoms. The summed E-state index contributed by atoms with van der Waals surface area (Å²) in [6.07, 6.45) is -24.3. The van der Waals surface area contributed by atoms with Crippen molar-refractivity contribution in [2.45, 2.75) is 176 Å². The van der Waals surface area contributed by atoms with Crippen molar-refractivity contribution < 1.29 is 114 Å². The summed E-state index contributed by atoms with van der Waals surface area (Å²) in [5.41, 5.74) is 3.10. The zero-order valence-corrected chi connectivity index (χ0v) is 53.6. The van der Waals surface area contributed by atoms with E-state index in [0.717, 1.165) is 77.5 Å². The molecule has 4 aromatic carbocycles. The molecular formula is C66H86N8O23. The van der Waals surface area contributed by atoms with E-state index in [9.17, 15) is 99.6 Å². The Kier molecular flexibility index (Phi) is 25.6. The van der Waals surface area contributed by atoms with E-state index in [0.29, 0.717) is 12.2 Å². The second-order valence-corrected chi connectivity index (χ2v) is 24.8. The maximum absolute atomic E-state index is 14.9. The third-order valence-electron chi connectivity index (χ3n) is 17.6. The molecule has 4 aliphatic rings. The lowest BCUT2D eigenvalue weighted by Gasteiger charge is -2.37. The van der Waals surface area contributed by atoms with Gasteiger partial charge in [0.05, 0.1) is 37.6 Å². The highest BCUT2D eigenvalue weighted by Gasteiger charge is 2.51. The first-order valence-electron chi connectivity index (χ1n) is 32.0. The number of hydrogen-bond donors (Lipinski definition) is 18. The van der Waals surface area contributed by atoms with Crippen molar-refractivity contribution in [1.82, 2.24) is 41.7 Å². The van der Waals surface area contributed by atoms with Gasteiger partial charge in [-0.3, -0.25) is 38.4 Å². The molecule has 528 valence electrons. The van der Waals surface area contributed by atoms with Crippen molar-refractivity contribution >= 4 is 47.3 Å². The predicted molar refractivity (Wildman–Crippen MR) is 339 cm³/mol. The normalized spacial score (nSPS) is 29.8. The molecule has 4 saturated heterocycles. The van der Waals surface area contributed by atoms with Gasteiger partial charge in [0.2, 0.25) is 35.4 Å². The molecule has 31 heteroatoms. The zero-order chi connectivity index (χ0) is 70.7. The Morgan fingerprint density at radius 2 is 1.18 bits per heavy atom. The molecule has 4 fully saturated rings. The van der Waals surface area contributed by atoms with Gasteiger partial charge >= 0.3 is 0 Å². The third kappa shape index (κ3) is 18.1. The monoisotopic (exact) mass is 1360 g/mol.